The molecule has 1 rings (SSSR count). The van der Waals surface area contributed by atoms with E-state index in [1.54, 1.807) is 14.0 Å². The molecule has 0 fully saturated rings. The van der Waals surface area contributed by atoms with Gasteiger partial charge in [0.2, 0.25) is 0 Å². The predicted molar refractivity (Wildman–Crippen MR) is 74.6 cm³/mol. The Morgan fingerprint density at radius 3 is 2.63 bits per heavy atom. The summed E-state index contributed by atoms with van der Waals surface area (Å²) in [4.78, 5) is 0. The lowest BCUT2D eigenvalue weighted by Crippen LogP contribution is -2.10. The summed E-state index contributed by atoms with van der Waals surface area (Å²) < 4.78 is 16.0. The third-order valence-electron chi connectivity index (χ3n) is 2.74. The van der Waals surface area contributed by atoms with Crippen molar-refractivity contribution in [3.05, 3.63) is 29.3 Å². The molecule has 19 heavy (non-hydrogen) atoms. The number of aryl methyl sites for hydroxylation is 1. The lowest BCUT2D eigenvalue weighted by Gasteiger charge is -2.14. The summed E-state index contributed by atoms with van der Waals surface area (Å²) in [5, 5.41) is 9.70. The first-order valence-corrected chi connectivity index (χ1v) is 6.63. The maximum atomic E-state index is 9.70. The molecule has 1 atom stereocenters. The summed E-state index contributed by atoms with van der Waals surface area (Å²) in [6, 6.07) is 5.81. The fourth-order valence-electron chi connectivity index (χ4n) is 1.74. The lowest BCUT2D eigenvalue weighted by molar-refractivity contribution is 0.0795. The minimum absolute atomic E-state index is 0.482. The van der Waals surface area contributed by atoms with Crippen LogP contribution in [0.25, 0.3) is 0 Å². The summed E-state index contributed by atoms with van der Waals surface area (Å²) in [6.07, 6.45) is 0.359. The third-order valence-corrected chi connectivity index (χ3v) is 2.74. The number of ether oxygens (including phenoxy) is 3. The standard InChI is InChI=1S/C15H24O4/c1-12-5-6-15(14(11-12)13(2)16)19-10-9-18-8-4-7-17-3/h5-6,11,13,16H,4,7-10H2,1-3H3/t13-/m0/s1. The monoisotopic (exact) mass is 268 g/mol. The zero-order valence-corrected chi connectivity index (χ0v) is 12.0. The first-order valence-electron chi connectivity index (χ1n) is 6.63. The minimum atomic E-state index is -0.530. The Bertz CT molecular complexity index is 363. The number of aliphatic hydroxyl groups excluding tert-OH is 1. The van der Waals surface area contributed by atoms with Crippen molar-refractivity contribution in [3.8, 4) is 5.75 Å². The molecule has 0 radical (unpaired) electrons. The molecule has 0 saturated heterocycles. The number of hydrogen-bond donors (Lipinski definition) is 1. The van der Waals surface area contributed by atoms with Crippen molar-refractivity contribution in [1.29, 1.82) is 0 Å². The van der Waals surface area contributed by atoms with Crippen LogP contribution in [0.5, 0.6) is 5.75 Å². The van der Waals surface area contributed by atoms with E-state index in [-0.39, 0.29) is 0 Å². The Hall–Kier alpha value is -1.10. The molecular formula is C15H24O4. The third kappa shape index (κ3) is 6.05. The molecule has 1 aromatic rings. The van der Waals surface area contributed by atoms with Crippen LogP contribution in [-0.2, 0) is 9.47 Å². The summed E-state index contributed by atoms with van der Waals surface area (Å²) in [6.45, 7) is 6.14. The van der Waals surface area contributed by atoms with Crippen molar-refractivity contribution < 1.29 is 19.3 Å². The van der Waals surface area contributed by atoms with E-state index < -0.39 is 6.10 Å². The molecule has 4 nitrogen and oxygen atoms in total. The van der Waals surface area contributed by atoms with E-state index in [1.807, 2.05) is 25.1 Å². The zero-order chi connectivity index (χ0) is 14.1. The Balaban J connectivity index is 2.33. The molecule has 4 heteroatoms. The molecule has 0 amide bonds. The highest BCUT2D eigenvalue weighted by atomic mass is 16.5. The molecule has 0 unspecified atom stereocenters. The molecule has 108 valence electrons. The van der Waals surface area contributed by atoms with Crippen molar-refractivity contribution in [2.24, 2.45) is 0 Å². The van der Waals surface area contributed by atoms with Gasteiger partial charge in [-0.15, -0.1) is 0 Å². The molecule has 1 N–H and O–H groups in total. The van der Waals surface area contributed by atoms with Crippen LogP contribution >= 0.6 is 0 Å². The number of hydrogen-bond acceptors (Lipinski definition) is 4. The van der Waals surface area contributed by atoms with Gasteiger partial charge in [-0.25, -0.2) is 0 Å². The summed E-state index contributed by atoms with van der Waals surface area (Å²) >= 11 is 0. The number of rotatable bonds is 9. The highest BCUT2D eigenvalue weighted by Gasteiger charge is 2.09. The molecule has 0 aliphatic rings. The highest BCUT2D eigenvalue weighted by Crippen LogP contribution is 2.26. The van der Waals surface area contributed by atoms with Crippen LogP contribution in [0.15, 0.2) is 18.2 Å². The van der Waals surface area contributed by atoms with Gasteiger partial charge in [-0.2, -0.15) is 0 Å². The number of aliphatic hydroxyl groups is 1. The molecule has 1 aromatic carbocycles. The van der Waals surface area contributed by atoms with Crippen LogP contribution in [0.1, 0.15) is 30.6 Å². The van der Waals surface area contributed by atoms with Crippen molar-refractivity contribution in [3.63, 3.8) is 0 Å². The maximum Gasteiger partial charge on any atom is 0.125 e. The second-order valence-electron chi connectivity index (χ2n) is 4.52. The van der Waals surface area contributed by atoms with Crippen LogP contribution in [0.2, 0.25) is 0 Å². The van der Waals surface area contributed by atoms with Crippen molar-refractivity contribution in [2.75, 3.05) is 33.5 Å². The Kier molecular flexibility index (Phi) is 7.48. The highest BCUT2D eigenvalue weighted by molar-refractivity contribution is 5.38. The summed E-state index contributed by atoms with van der Waals surface area (Å²) in [5.74, 6) is 0.723. The SMILES string of the molecule is COCCCOCCOc1ccc(C)cc1[C@H](C)O. The van der Waals surface area contributed by atoms with E-state index >= 15 is 0 Å². The van der Waals surface area contributed by atoms with E-state index in [2.05, 4.69) is 0 Å². The summed E-state index contributed by atoms with van der Waals surface area (Å²) in [5.41, 5.74) is 1.93. The van der Waals surface area contributed by atoms with E-state index in [1.165, 1.54) is 0 Å². The summed E-state index contributed by atoms with van der Waals surface area (Å²) in [7, 11) is 1.68. The van der Waals surface area contributed by atoms with Gasteiger partial charge in [0.05, 0.1) is 12.7 Å². The van der Waals surface area contributed by atoms with Crippen LogP contribution < -0.4 is 4.74 Å². The smallest absolute Gasteiger partial charge is 0.125 e. The molecule has 0 saturated carbocycles. The van der Waals surface area contributed by atoms with Gasteiger partial charge < -0.3 is 19.3 Å². The fourth-order valence-corrected chi connectivity index (χ4v) is 1.74. The minimum Gasteiger partial charge on any atom is -0.491 e. The molecular weight excluding hydrogens is 244 g/mol. The molecule has 0 aliphatic heterocycles. The Morgan fingerprint density at radius 2 is 1.95 bits per heavy atom. The predicted octanol–water partition coefficient (Wildman–Crippen LogP) is 2.48. The molecule has 0 bridgehead atoms. The first kappa shape index (κ1) is 16.0. The topological polar surface area (TPSA) is 47.9 Å². The molecule has 0 spiro atoms. The van der Waals surface area contributed by atoms with Gasteiger partial charge in [-0.3, -0.25) is 0 Å². The fraction of sp³-hybridized carbons (Fsp3) is 0.600. The van der Waals surface area contributed by atoms with Crippen LogP contribution in [0.4, 0.5) is 0 Å². The van der Waals surface area contributed by atoms with Gasteiger partial charge >= 0.3 is 0 Å². The van der Waals surface area contributed by atoms with Crippen LogP contribution in [0.3, 0.4) is 0 Å². The first-order chi connectivity index (χ1) is 9.15. The normalized spacial score (nSPS) is 12.4. The quantitative estimate of drug-likeness (QED) is 0.699. The molecule has 0 aliphatic carbocycles. The second-order valence-corrected chi connectivity index (χ2v) is 4.52. The molecule has 0 heterocycles. The number of methoxy groups -OCH3 is 1. The van der Waals surface area contributed by atoms with Crippen LogP contribution in [0, 0.1) is 6.92 Å². The maximum absolute atomic E-state index is 9.70. The zero-order valence-electron chi connectivity index (χ0n) is 12.0. The van der Waals surface area contributed by atoms with E-state index in [4.69, 9.17) is 14.2 Å². The van der Waals surface area contributed by atoms with Gasteiger partial charge in [0.15, 0.2) is 0 Å². The van der Waals surface area contributed by atoms with E-state index in [0.29, 0.717) is 26.4 Å². The van der Waals surface area contributed by atoms with Crippen molar-refractivity contribution in [2.45, 2.75) is 26.4 Å². The van der Waals surface area contributed by atoms with Gasteiger partial charge in [0.1, 0.15) is 12.4 Å². The average Bonchev–Trinajstić information content (AvgIpc) is 2.39. The van der Waals surface area contributed by atoms with Gasteiger partial charge in [0, 0.05) is 25.9 Å². The Labute approximate surface area is 115 Å². The van der Waals surface area contributed by atoms with Crippen molar-refractivity contribution in [1.82, 2.24) is 0 Å². The molecule has 0 aromatic heterocycles. The van der Waals surface area contributed by atoms with E-state index in [0.717, 1.165) is 23.3 Å². The Morgan fingerprint density at radius 1 is 1.16 bits per heavy atom. The van der Waals surface area contributed by atoms with Gasteiger partial charge in [0.25, 0.3) is 0 Å². The second kappa shape index (κ2) is 8.91. The van der Waals surface area contributed by atoms with E-state index in [9.17, 15) is 5.11 Å². The van der Waals surface area contributed by atoms with Gasteiger partial charge in [-0.1, -0.05) is 11.6 Å². The van der Waals surface area contributed by atoms with Crippen LogP contribution in [-0.4, -0.2) is 38.6 Å². The largest absolute Gasteiger partial charge is 0.491 e. The lowest BCUT2D eigenvalue weighted by atomic mass is 10.1. The number of benzene rings is 1. The van der Waals surface area contributed by atoms with Gasteiger partial charge in [-0.05, 0) is 32.4 Å². The average molecular weight is 268 g/mol. The van der Waals surface area contributed by atoms with Crippen molar-refractivity contribution >= 4 is 0 Å².